The van der Waals surface area contributed by atoms with Gasteiger partial charge in [-0.05, 0) is 30.1 Å². The third-order valence-corrected chi connectivity index (χ3v) is 4.41. The summed E-state index contributed by atoms with van der Waals surface area (Å²) in [6.45, 7) is 6.74. The largest absolute Gasteiger partial charge is 0.480 e. The Hall–Kier alpha value is -1.10. The van der Waals surface area contributed by atoms with Gasteiger partial charge in [0, 0.05) is 6.54 Å². The molecular formula is C14H25NO4. The average molecular weight is 271 g/mol. The quantitative estimate of drug-likeness (QED) is 0.705. The molecular weight excluding hydrogens is 246 g/mol. The van der Waals surface area contributed by atoms with Gasteiger partial charge in [-0.15, -0.1) is 0 Å². The highest BCUT2D eigenvalue weighted by atomic mass is 16.4. The highest BCUT2D eigenvalue weighted by Crippen LogP contribution is 2.50. The average Bonchev–Trinajstić information content (AvgIpc) is 2.24. The number of carboxylic acids is 2. The predicted octanol–water partition coefficient (Wildman–Crippen LogP) is 1.92. The summed E-state index contributed by atoms with van der Waals surface area (Å²) in [5.41, 5.74) is 0.304. The first-order valence-corrected chi connectivity index (χ1v) is 6.92. The third kappa shape index (κ3) is 4.49. The summed E-state index contributed by atoms with van der Waals surface area (Å²) in [5, 5.41) is 17.7. The fourth-order valence-electron chi connectivity index (χ4n) is 3.20. The number of aliphatic carboxylic acids is 2. The van der Waals surface area contributed by atoms with Crippen LogP contribution >= 0.6 is 0 Å². The minimum atomic E-state index is -0.969. The van der Waals surface area contributed by atoms with Gasteiger partial charge in [-0.1, -0.05) is 27.2 Å². The van der Waals surface area contributed by atoms with Crippen molar-refractivity contribution in [2.24, 2.45) is 17.3 Å². The summed E-state index contributed by atoms with van der Waals surface area (Å²) in [7, 11) is 0. The number of hydrogen-bond acceptors (Lipinski definition) is 3. The van der Waals surface area contributed by atoms with Crippen LogP contribution < -0.4 is 0 Å². The van der Waals surface area contributed by atoms with E-state index in [9.17, 15) is 9.59 Å². The number of hydrogen-bond donors (Lipinski definition) is 2. The van der Waals surface area contributed by atoms with Gasteiger partial charge < -0.3 is 10.2 Å². The summed E-state index contributed by atoms with van der Waals surface area (Å²) in [6, 6.07) is 0. The van der Waals surface area contributed by atoms with E-state index in [1.807, 2.05) is 0 Å². The monoisotopic (exact) mass is 271 g/mol. The van der Waals surface area contributed by atoms with Gasteiger partial charge in [0.1, 0.15) is 0 Å². The molecule has 0 amide bonds. The maximum absolute atomic E-state index is 10.8. The van der Waals surface area contributed by atoms with E-state index < -0.39 is 11.9 Å². The van der Waals surface area contributed by atoms with Crippen LogP contribution in [0.15, 0.2) is 0 Å². The van der Waals surface area contributed by atoms with Crippen LogP contribution in [-0.4, -0.2) is 46.7 Å². The molecule has 0 bridgehead atoms. The van der Waals surface area contributed by atoms with Crippen molar-refractivity contribution >= 4 is 11.9 Å². The molecule has 0 aromatic carbocycles. The standard InChI is InChI=1S/C14H25NO4/c1-4-10(11-5-6-14(11,2)3)7-15(8-12(16)17)9-13(18)19/h10-11H,4-9H2,1-3H3,(H,16,17)(H,18,19). The van der Waals surface area contributed by atoms with Crippen molar-refractivity contribution in [2.75, 3.05) is 19.6 Å². The first-order chi connectivity index (χ1) is 8.76. The van der Waals surface area contributed by atoms with Crippen LogP contribution in [0.1, 0.15) is 40.0 Å². The number of carboxylic acid groups (broad SMARTS) is 2. The topological polar surface area (TPSA) is 77.8 Å². The summed E-state index contributed by atoms with van der Waals surface area (Å²) in [6.07, 6.45) is 3.33. The second-order valence-corrected chi connectivity index (χ2v) is 6.26. The minimum absolute atomic E-state index is 0.198. The molecule has 110 valence electrons. The minimum Gasteiger partial charge on any atom is -0.480 e. The molecule has 5 heteroatoms. The number of rotatable bonds is 8. The van der Waals surface area contributed by atoms with Crippen molar-refractivity contribution in [1.29, 1.82) is 0 Å². The fourth-order valence-corrected chi connectivity index (χ4v) is 3.20. The zero-order chi connectivity index (χ0) is 14.6. The first kappa shape index (κ1) is 16.0. The molecule has 1 fully saturated rings. The van der Waals surface area contributed by atoms with Gasteiger partial charge in [-0.3, -0.25) is 14.5 Å². The highest BCUT2D eigenvalue weighted by Gasteiger charge is 2.42. The molecule has 0 aliphatic heterocycles. The molecule has 0 saturated heterocycles. The fraction of sp³-hybridized carbons (Fsp3) is 0.857. The summed E-state index contributed by atoms with van der Waals surface area (Å²) in [5.74, 6) is -0.988. The molecule has 1 saturated carbocycles. The third-order valence-electron chi connectivity index (χ3n) is 4.41. The van der Waals surface area contributed by atoms with Crippen LogP contribution in [0.2, 0.25) is 0 Å². The Balaban J connectivity index is 2.64. The maximum atomic E-state index is 10.8. The van der Waals surface area contributed by atoms with E-state index in [0.717, 1.165) is 6.42 Å². The second kappa shape index (κ2) is 6.37. The second-order valence-electron chi connectivity index (χ2n) is 6.26. The van der Waals surface area contributed by atoms with Gasteiger partial charge in [0.15, 0.2) is 0 Å². The molecule has 1 aliphatic carbocycles. The lowest BCUT2D eigenvalue weighted by molar-refractivity contribution is -0.142. The van der Waals surface area contributed by atoms with Crippen molar-refractivity contribution in [3.63, 3.8) is 0 Å². The van der Waals surface area contributed by atoms with E-state index in [0.29, 0.717) is 23.8 Å². The van der Waals surface area contributed by atoms with Crippen molar-refractivity contribution in [3.05, 3.63) is 0 Å². The van der Waals surface area contributed by atoms with Crippen LogP contribution in [0.25, 0.3) is 0 Å². The van der Waals surface area contributed by atoms with E-state index >= 15 is 0 Å². The molecule has 1 aliphatic rings. The van der Waals surface area contributed by atoms with Crippen molar-refractivity contribution in [1.82, 2.24) is 4.90 Å². The summed E-state index contributed by atoms with van der Waals surface area (Å²) in [4.78, 5) is 23.1. The molecule has 0 radical (unpaired) electrons. The molecule has 1 rings (SSSR count). The lowest BCUT2D eigenvalue weighted by Crippen LogP contribution is -2.46. The van der Waals surface area contributed by atoms with Crippen molar-refractivity contribution < 1.29 is 19.8 Å². The van der Waals surface area contributed by atoms with Crippen LogP contribution in [0, 0.1) is 17.3 Å². The first-order valence-electron chi connectivity index (χ1n) is 6.92. The number of nitrogens with zero attached hydrogens (tertiary/aromatic N) is 1. The Bertz CT molecular complexity index is 324. The van der Waals surface area contributed by atoms with E-state index in [1.165, 1.54) is 17.7 Å². The molecule has 2 N–H and O–H groups in total. The van der Waals surface area contributed by atoms with Gasteiger partial charge in [-0.25, -0.2) is 0 Å². The maximum Gasteiger partial charge on any atom is 0.317 e. The Morgan fingerprint density at radius 2 is 1.79 bits per heavy atom. The van der Waals surface area contributed by atoms with Crippen LogP contribution in [-0.2, 0) is 9.59 Å². The zero-order valence-electron chi connectivity index (χ0n) is 12.1. The summed E-state index contributed by atoms with van der Waals surface area (Å²) >= 11 is 0. The lowest BCUT2D eigenvalue weighted by atomic mass is 9.57. The molecule has 2 atom stereocenters. The van der Waals surface area contributed by atoms with Crippen molar-refractivity contribution in [2.45, 2.75) is 40.0 Å². The number of carbonyl (C=O) groups is 2. The zero-order valence-corrected chi connectivity index (χ0v) is 12.1. The van der Waals surface area contributed by atoms with Gasteiger partial charge in [-0.2, -0.15) is 0 Å². The molecule has 2 unspecified atom stereocenters. The molecule has 19 heavy (non-hydrogen) atoms. The Kier molecular flexibility index (Phi) is 5.35. The van der Waals surface area contributed by atoms with Crippen LogP contribution in [0.5, 0.6) is 0 Å². The Morgan fingerprint density at radius 3 is 2.05 bits per heavy atom. The lowest BCUT2D eigenvalue weighted by Gasteiger charge is -2.49. The van der Waals surface area contributed by atoms with Gasteiger partial charge in [0.05, 0.1) is 13.1 Å². The molecule has 0 aromatic rings. The normalized spacial score (nSPS) is 22.8. The van der Waals surface area contributed by atoms with E-state index in [-0.39, 0.29) is 13.1 Å². The summed E-state index contributed by atoms with van der Waals surface area (Å²) < 4.78 is 0. The predicted molar refractivity (Wildman–Crippen MR) is 72.0 cm³/mol. The van der Waals surface area contributed by atoms with E-state index in [1.54, 1.807) is 0 Å². The Morgan fingerprint density at radius 1 is 1.26 bits per heavy atom. The van der Waals surface area contributed by atoms with E-state index in [4.69, 9.17) is 10.2 Å². The van der Waals surface area contributed by atoms with E-state index in [2.05, 4.69) is 20.8 Å². The van der Waals surface area contributed by atoms with Gasteiger partial charge in [0.25, 0.3) is 0 Å². The molecule has 5 nitrogen and oxygen atoms in total. The van der Waals surface area contributed by atoms with Gasteiger partial charge >= 0.3 is 11.9 Å². The smallest absolute Gasteiger partial charge is 0.317 e. The molecule has 0 spiro atoms. The highest BCUT2D eigenvalue weighted by molar-refractivity contribution is 5.72. The van der Waals surface area contributed by atoms with Crippen molar-refractivity contribution in [3.8, 4) is 0 Å². The SMILES string of the molecule is CCC(CN(CC(=O)O)CC(=O)O)C1CCC1(C)C. The Labute approximate surface area is 114 Å². The molecule has 0 aromatic heterocycles. The molecule has 0 heterocycles. The van der Waals surface area contributed by atoms with Crippen LogP contribution in [0.4, 0.5) is 0 Å². The van der Waals surface area contributed by atoms with Gasteiger partial charge in [0.2, 0.25) is 0 Å². The van der Waals surface area contributed by atoms with Crippen LogP contribution in [0.3, 0.4) is 0 Å².